The van der Waals surface area contributed by atoms with Crippen LogP contribution in [0, 0.1) is 6.92 Å². The molecule has 4 aromatic rings. The molecule has 0 radical (unpaired) electrons. The molecule has 164 valence electrons. The van der Waals surface area contributed by atoms with E-state index in [1.54, 1.807) is 12.1 Å². The van der Waals surface area contributed by atoms with Crippen molar-refractivity contribution >= 4 is 34.4 Å². The van der Waals surface area contributed by atoms with Crippen LogP contribution in [-0.2, 0) is 10.1 Å². The summed E-state index contributed by atoms with van der Waals surface area (Å²) in [6.07, 6.45) is 7.96. The van der Waals surface area contributed by atoms with Crippen molar-refractivity contribution in [2.24, 2.45) is 0 Å². The molecular formula is C29H24O3S. The topological polar surface area (TPSA) is 54.4 Å². The van der Waals surface area contributed by atoms with Crippen LogP contribution in [0.3, 0.4) is 0 Å². The molecule has 0 aromatic heterocycles. The lowest BCUT2D eigenvalue weighted by molar-refractivity contribution is 0.483. The van der Waals surface area contributed by atoms with Gasteiger partial charge in [0.05, 0.1) is 4.90 Å². The molecule has 4 heteroatoms. The Hall–Kier alpha value is -3.73. The molecule has 4 rings (SSSR count). The van der Waals surface area contributed by atoms with Crippen LogP contribution in [0.25, 0.3) is 35.4 Å². The third-order valence-corrected chi connectivity index (χ3v) is 6.14. The van der Waals surface area contributed by atoms with Gasteiger partial charge in [-0.3, -0.25) is 4.55 Å². The lowest BCUT2D eigenvalue weighted by Crippen LogP contribution is -1.97. The van der Waals surface area contributed by atoms with Gasteiger partial charge in [0.2, 0.25) is 0 Å². The maximum atomic E-state index is 11.3. The lowest BCUT2D eigenvalue weighted by Gasteiger charge is -2.04. The summed E-state index contributed by atoms with van der Waals surface area (Å²) in [4.78, 5) is -0.114. The molecule has 0 atom stereocenters. The molecule has 1 N–H and O–H groups in total. The Morgan fingerprint density at radius 3 is 1.52 bits per heavy atom. The number of aryl methyl sites for hydroxylation is 1. The molecule has 0 aliphatic carbocycles. The molecule has 33 heavy (non-hydrogen) atoms. The highest BCUT2D eigenvalue weighted by Gasteiger charge is 2.08. The van der Waals surface area contributed by atoms with E-state index in [4.69, 9.17) is 0 Å². The molecule has 0 saturated carbocycles. The zero-order valence-corrected chi connectivity index (χ0v) is 19.0. The summed E-state index contributed by atoms with van der Waals surface area (Å²) in [5, 5.41) is 0. The summed E-state index contributed by atoms with van der Waals surface area (Å²) in [6.45, 7) is 2.09. The molecule has 0 heterocycles. The lowest BCUT2D eigenvalue weighted by atomic mass is 10.0. The number of hydrogen-bond donors (Lipinski definition) is 1. The monoisotopic (exact) mass is 452 g/mol. The minimum Gasteiger partial charge on any atom is -0.282 e. The van der Waals surface area contributed by atoms with Gasteiger partial charge >= 0.3 is 0 Å². The van der Waals surface area contributed by atoms with Gasteiger partial charge in [0, 0.05) is 0 Å². The molecule has 3 nitrogen and oxygen atoms in total. The maximum Gasteiger partial charge on any atom is 0.294 e. The van der Waals surface area contributed by atoms with E-state index in [1.165, 1.54) is 23.3 Å². The molecule has 0 fully saturated rings. The molecule has 0 amide bonds. The standard InChI is InChI=1S/C29H24O3S/c1-22-4-2-5-25(20-22)10-8-23-12-16-27(17-13-23)28-18-14-24(15-19-28)9-11-26-6-3-7-29(21-26)33(30,31)32/h2-21H,1H3,(H,30,31,32)/b10-8+,11-9+. The summed E-state index contributed by atoms with van der Waals surface area (Å²) < 4.78 is 31.8. The van der Waals surface area contributed by atoms with Crippen molar-refractivity contribution in [1.29, 1.82) is 0 Å². The van der Waals surface area contributed by atoms with Crippen LogP contribution < -0.4 is 0 Å². The van der Waals surface area contributed by atoms with Crippen molar-refractivity contribution in [3.05, 3.63) is 125 Å². The minimum atomic E-state index is -4.21. The van der Waals surface area contributed by atoms with E-state index < -0.39 is 10.1 Å². The van der Waals surface area contributed by atoms with E-state index in [0.29, 0.717) is 5.56 Å². The zero-order chi connectivity index (χ0) is 23.3. The van der Waals surface area contributed by atoms with Crippen molar-refractivity contribution in [3.63, 3.8) is 0 Å². The number of benzene rings is 4. The van der Waals surface area contributed by atoms with Gasteiger partial charge in [0.15, 0.2) is 0 Å². The smallest absolute Gasteiger partial charge is 0.282 e. The Morgan fingerprint density at radius 1 is 0.576 bits per heavy atom. The maximum absolute atomic E-state index is 11.3. The second-order valence-electron chi connectivity index (χ2n) is 7.87. The molecule has 0 aliphatic rings. The fraction of sp³-hybridized carbons (Fsp3) is 0.0345. The molecular weight excluding hydrogens is 428 g/mol. The Kier molecular flexibility index (Phi) is 6.68. The zero-order valence-electron chi connectivity index (χ0n) is 18.2. The minimum absolute atomic E-state index is 0.114. The van der Waals surface area contributed by atoms with Gasteiger partial charge in [-0.2, -0.15) is 8.42 Å². The van der Waals surface area contributed by atoms with Gasteiger partial charge in [-0.25, -0.2) is 0 Å². The van der Waals surface area contributed by atoms with Crippen LogP contribution in [-0.4, -0.2) is 13.0 Å². The first kappa shape index (κ1) is 22.5. The summed E-state index contributed by atoms with van der Waals surface area (Å²) in [6, 6.07) is 31.2. The van der Waals surface area contributed by atoms with Crippen LogP contribution in [0.15, 0.2) is 102 Å². The van der Waals surface area contributed by atoms with Gasteiger partial charge in [0.1, 0.15) is 0 Å². The third-order valence-electron chi connectivity index (χ3n) is 5.29. The highest BCUT2D eigenvalue weighted by Crippen LogP contribution is 2.22. The highest BCUT2D eigenvalue weighted by atomic mass is 32.2. The summed E-state index contributed by atoms with van der Waals surface area (Å²) in [7, 11) is -4.21. The normalized spacial score (nSPS) is 11.9. The van der Waals surface area contributed by atoms with Crippen LogP contribution in [0.1, 0.15) is 27.8 Å². The average Bonchev–Trinajstić information content (AvgIpc) is 2.82. The van der Waals surface area contributed by atoms with Gasteiger partial charge in [-0.1, -0.05) is 115 Å². The second kappa shape index (κ2) is 9.82. The Bertz CT molecular complexity index is 1410. The van der Waals surface area contributed by atoms with Crippen molar-refractivity contribution in [2.45, 2.75) is 11.8 Å². The summed E-state index contributed by atoms with van der Waals surface area (Å²) >= 11 is 0. The van der Waals surface area contributed by atoms with Gasteiger partial charge in [-0.05, 0) is 52.4 Å². The van der Waals surface area contributed by atoms with Gasteiger partial charge in [-0.15, -0.1) is 0 Å². The summed E-state index contributed by atoms with van der Waals surface area (Å²) in [5.74, 6) is 0. The van der Waals surface area contributed by atoms with Crippen LogP contribution in [0.5, 0.6) is 0 Å². The fourth-order valence-electron chi connectivity index (χ4n) is 3.51. The van der Waals surface area contributed by atoms with Crippen LogP contribution in [0.2, 0.25) is 0 Å². The first-order chi connectivity index (χ1) is 15.9. The summed E-state index contributed by atoms with van der Waals surface area (Å²) in [5.41, 5.74) is 7.53. The Labute approximate surface area is 195 Å². The van der Waals surface area contributed by atoms with Crippen molar-refractivity contribution in [3.8, 4) is 11.1 Å². The number of hydrogen-bond acceptors (Lipinski definition) is 2. The van der Waals surface area contributed by atoms with E-state index in [9.17, 15) is 13.0 Å². The predicted molar refractivity (Wildman–Crippen MR) is 137 cm³/mol. The third kappa shape index (κ3) is 6.16. The van der Waals surface area contributed by atoms with Crippen LogP contribution in [0.4, 0.5) is 0 Å². The average molecular weight is 453 g/mol. The van der Waals surface area contributed by atoms with Gasteiger partial charge in [0.25, 0.3) is 10.1 Å². The SMILES string of the molecule is Cc1cccc(/C=C/c2ccc(-c3ccc(/C=C/c4cccc(S(=O)(=O)O)c4)cc3)cc2)c1. The van der Waals surface area contributed by atoms with Crippen molar-refractivity contribution in [1.82, 2.24) is 0 Å². The van der Waals surface area contributed by atoms with Crippen molar-refractivity contribution < 1.29 is 13.0 Å². The Balaban J connectivity index is 1.44. The highest BCUT2D eigenvalue weighted by molar-refractivity contribution is 7.85. The predicted octanol–water partition coefficient (Wildman–Crippen LogP) is 7.25. The van der Waals surface area contributed by atoms with Gasteiger partial charge < -0.3 is 0 Å². The molecule has 0 spiro atoms. The second-order valence-corrected chi connectivity index (χ2v) is 9.29. The van der Waals surface area contributed by atoms with E-state index in [2.05, 4.69) is 79.7 Å². The van der Waals surface area contributed by atoms with E-state index >= 15 is 0 Å². The Morgan fingerprint density at radius 2 is 1.03 bits per heavy atom. The molecule has 0 bridgehead atoms. The van der Waals surface area contributed by atoms with Crippen molar-refractivity contribution in [2.75, 3.05) is 0 Å². The van der Waals surface area contributed by atoms with E-state index in [0.717, 1.165) is 22.3 Å². The quantitative estimate of drug-likeness (QED) is 0.248. The molecule has 4 aromatic carbocycles. The number of rotatable bonds is 6. The molecule has 0 saturated heterocycles. The first-order valence-corrected chi connectivity index (χ1v) is 12.0. The first-order valence-electron chi connectivity index (χ1n) is 10.6. The van der Waals surface area contributed by atoms with E-state index in [1.807, 2.05) is 24.3 Å². The molecule has 0 aliphatic heterocycles. The fourth-order valence-corrected chi connectivity index (χ4v) is 4.05. The molecule has 0 unspecified atom stereocenters. The van der Waals surface area contributed by atoms with Crippen LogP contribution >= 0.6 is 0 Å². The largest absolute Gasteiger partial charge is 0.294 e. The van der Waals surface area contributed by atoms with E-state index in [-0.39, 0.29) is 4.90 Å².